The molecular weight excluding hydrogens is 484 g/mol. The van der Waals surface area contributed by atoms with Crippen LogP contribution in [-0.4, -0.2) is 18.4 Å². The monoisotopic (exact) mass is 510 g/mol. The van der Waals surface area contributed by atoms with E-state index in [0.29, 0.717) is 46.2 Å². The predicted molar refractivity (Wildman–Crippen MR) is 131 cm³/mol. The Hall–Kier alpha value is -3.32. The van der Waals surface area contributed by atoms with Crippen LogP contribution in [0.25, 0.3) is 0 Å². The lowest BCUT2D eigenvalue weighted by atomic mass is 10.1. The molecular formula is C26H27BrN2O4. The molecule has 2 N–H and O–H groups in total. The van der Waals surface area contributed by atoms with Crippen LogP contribution >= 0.6 is 15.9 Å². The Balaban J connectivity index is 1.57. The molecule has 0 bridgehead atoms. The molecule has 172 valence electrons. The van der Waals surface area contributed by atoms with Crippen molar-refractivity contribution in [1.29, 1.82) is 0 Å². The minimum atomic E-state index is -0.472. The van der Waals surface area contributed by atoms with Gasteiger partial charge in [-0.1, -0.05) is 56.3 Å². The molecule has 0 aliphatic carbocycles. The summed E-state index contributed by atoms with van der Waals surface area (Å²) in [4.78, 5) is 25.2. The Labute approximate surface area is 202 Å². The SMILES string of the molecule is CC(C)CCOc1ccc(C(=O)NNC(=O)c2ccccc2OCc2ccccc2)cc1Br. The third kappa shape index (κ3) is 7.36. The van der Waals surface area contributed by atoms with Crippen molar-refractivity contribution >= 4 is 27.7 Å². The van der Waals surface area contributed by atoms with Crippen molar-refractivity contribution in [3.8, 4) is 11.5 Å². The minimum absolute atomic E-state index is 0.323. The number of nitrogens with one attached hydrogen (secondary N) is 2. The Morgan fingerprint density at radius 3 is 2.27 bits per heavy atom. The van der Waals surface area contributed by atoms with Crippen LogP contribution in [0.15, 0.2) is 77.3 Å². The van der Waals surface area contributed by atoms with Gasteiger partial charge in [0.1, 0.15) is 18.1 Å². The molecule has 0 atom stereocenters. The van der Waals surface area contributed by atoms with E-state index in [-0.39, 0.29) is 0 Å². The minimum Gasteiger partial charge on any atom is -0.492 e. The molecule has 33 heavy (non-hydrogen) atoms. The highest BCUT2D eigenvalue weighted by Gasteiger charge is 2.15. The van der Waals surface area contributed by atoms with Gasteiger partial charge in [-0.3, -0.25) is 20.4 Å². The standard InChI is InChI=1S/C26H27BrN2O4/c1-18(2)14-15-32-24-13-12-20(16-22(24)27)25(30)28-29-26(31)21-10-6-7-11-23(21)33-17-19-8-4-3-5-9-19/h3-13,16,18H,14-15,17H2,1-2H3,(H,28,30)(H,29,31). The van der Waals surface area contributed by atoms with Crippen LogP contribution in [0.2, 0.25) is 0 Å². The van der Waals surface area contributed by atoms with E-state index in [9.17, 15) is 9.59 Å². The molecule has 3 rings (SSSR count). The van der Waals surface area contributed by atoms with Gasteiger partial charge in [-0.25, -0.2) is 0 Å². The topological polar surface area (TPSA) is 76.7 Å². The summed E-state index contributed by atoms with van der Waals surface area (Å²) in [7, 11) is 0. The number of hydrogen-bond acceptors (Lipinski definition) is 4. The van der Waals surface area contributed by atoms with Crippen molar-refractivity contribution in [2.45, 2.75) is 26.9 Å². The van der Waals surface area contributed by atoms with E-state index in [1.165, 1.54) is 0 Å². The maximum Gasteiger partial charge on any atom is 0.273 e. The molecule has 0 saturated carbocycles. The molecule has 7 heteroatoms. The van der Waals surface area contributed by atoms with Crippen molar-refractivity contribution in [3.05, 3.63) is 94.0 Å². The average Bonchev–Trinajstić information content (AvgIpc) is 2.82. The molecule has 2 amide bonds. The largest absolute Gasteiger partial charge is 0.492 e. The Morgan fingerprint density at radius 1 is 0.848 bits per heavy atom. The number of rotatable bonds is 9. The Morgan fingerprint density at radius 2 is 1.55 bits per heavy atom. The summed E-state index contributed by atoms with van der Waals surface area (Å²) in [5.74, 6) is 0.728. The fraction of sp³-hybridized carbons (Fsp3) is 0.231. The Bertz CT molecular complexity index is 1090. The van der Waals surface area contributed by atoms with E-state index in [1.807, 2.05) is 30.3 Å². The van der Waals surface area contributed by atoms with Crippen LogP contribution in [0, 0.1) is 5.92 Å². The van der Waals surface area contributed by atoms with E-state index >= 15 is 0 Å². The fourth-order valence-corrected chi connectivity index (χ4v) is 3.43. The summed E-state index contributed by atoms with van der Waals surface area (Å²) < 4.78 is 12.2. The maximum absolute atomic E-state index is 12.7. The first-order chi connectivity index (χ1) is 15.9. The first-order valence-electron chi connectivity index (χ1n) is 10.7. The zero-order valence-corrected chi connectivity index (χ0v) is 20.2. The first-order valence-corrected chi connectivity index (χ1v) is 11.5. The maximum atomic E-state index is 12.7. The molecule has 6 nitrogen and oxygen atoms in total. The zero-order chi connectivity index (χ0) is 23.6. The summed E-state index contributed by atoms with van der Waals surface area (Å²) in [6.45, 7) is 5.20. The molecule has 0 fully saturated rings. The van der Waals surface area contributed by atoms with Gasteiger partial charge in [0.25, 0.3) is 11.8 Å². The molecule has 3 aromatic carbocycles. The molecule has 0 aliphatic rings. The summed E-state index contributed by atoms with van der Waals surface area (Å²) in [5, 5.41) is 0. The molecule has 0 spiro atoms. The normalized spacial score (nSPS) is 10.5. The van der Waals surface area contributed by atoms with Gasteiger partial charge in [-0.15, -0.1) is 0 Å². The lowest BCUT2D eigenvalue weighted by Gasteiger charge is -2.13. The van der Waals surface area contributed by atoms with Gasteiger partial charge in [-0.2, -0.15) is 0 Å². The molecule has 0 saturated heterocycles. The lowest BCUT2D eigenvalue weighted by Crippen LogP contribution is -2.41. The zero-order valence-electron chi connectivity index (χ0n) is 18.6. The van der Waals surface area contributed by atoms with Gasteiger partial charge in [-0.05, 0) is 64.2 Å². The predicted octanol–water partition coefficient (Wildman–Crippen LogP) is 5.53. The first kappa shape index (κ1) is 24.3. The van der Waals surface area contributed by atoms with E-state index < -0.39 is 11.8 Å². The molecule has 0 heterocycles. The average molecular weight is 511 g/mol. The number of halogens is 1. The third-order valence-corrected chi connectivity index (χ3v) is 5.42. The van der Waals surface area contributed by atoms with Gasteiger partial charge in [0, 0.05) is 5.56 Å². The number of amides is 2. The third-order valence-electron chi connectivity index (χ3n) is 4.81. The smallest absolute Gasteiger partial charge is 0.273 e. The summed E-state index contributed by atoms with van der Waals surface area (Å²) in [5.41, 5.74) is 6.59. The van der Waals surface area contributed by atoms with Crippen molar-refractivity contribution in [3.63, 3.8) is 0 Å². The van der Waals surface area contributed by atoms with E-state index in [2.05, 4.69) is 40.6 Å². The number of carbonyl (C=O) groups is 2. The second kappa shape index (κ2) is 12.1. The second-order valence-electron chi connectivity index (χ2n) is 7.85. The van der Waals surface area contributed by atoms with Gasteiger partial charge in [0.05, 0.1) is 16.6 Å². The van der Waals surface area contributed by atoms with E-state index in [4.69, 9.17) is 9.47 Å². The second-order valence-corrected chi connectivity index (χ2v) is 8.71. The molecule has 0 aromatic heterocycles. The van der Waals surface area contributed by atoms with Crippen molar-refractivity contribution in [2.75, 3.05) is 6.61 Å². The van der Waals surface area contributed by atoms with Gasteiger partial charge >= 0.3 is 0 Å². The highest BCUT2D eigenvalue weighted by Crippen LogP contribution is 2.26. The number of benzene rings is 3. The number of hydrazine groups is 1. The highest BCUT2D eigenvalue weighted by molar-refractivity contribution is 9.10. The molecule has 0 aliphatic heterocycles. The Kier molecular flexibility index (Phi) is 8.89. The van der Waals surface area contributed by atoms with Gasteiger partial charge in [0.15, 0.2) is 0 Å². The quantitative estimate of drug-likeness (QED) is 0.371. The highest BCUT2D eigenvalue weighted by atomic mass is 79.9. The van der Waals surface area contributed by atoms with Gasteiger partial charge in [0.2, 0.25) is 0 Å². The number of para-hydroxylation sites is 1. The van der Waals surface area contributed by atoms with Crippen LogP contribution in [-0.2, 0) is 6.61 Å². The fourth-order valence-electron chi connectivity index (χ4n) is 2.93. The van der Waals surface area contributed by atoms with Crippen LogP contribution in [0.3, 0.4) is 0 Å². The summed E-state index contributed by atoms with van der Waals surface area (Å²) in [6, 6.07) is 21.6. The summed E-state index contributed by atoms with van der Waals surface area (Å²) >= 11 is 3.44. The van der Waals surface area contributed by atoms with Crippen LogP contribution in [0.5, 0.6) is 11.5 Å². The van der Waals surface area contributed by atoms with Crippen LogP contribution in [0.1, 0.15) is 46.5 Å². The summed E-state index contributed by atoms with van der Waals surface area (Å²) in [6.07, 6.45) is 0.942. The molecule has 0 radical (unpaired) electrons. The van der Waals surface area contributed by atoms with Crippen LogP contribution < -0.4 is 20.3 Å². The number of hydrogen-bond donors (Lipinski definition) is 2. The van der Waals surface area contributed by atoms with Crippen molar-refractivity contribution in [1.82, 2.24) is 10.9 Å². The van der Waals surface area contributed by atoms with Crippen molar-refractivity contribution in [2.24, 2.45) is 5.92 Å². The van der Waals surface area contributed by atoms with Gasteiger partial charge < -0.3 is 9.47 Å². The molecule has 3 aromatic rings. The molecule has 0 unspecified atom stereocenters. The van der Waals surface area contributed by atoms with Crippen LogP contribution in [0.4, 0.5) is 0 Å². The van der Waals surface area contributed by atoms with E-state index in [0.717, 1.165) is 12.0 Å². The van der Waals surface area contributed by atoms with Crippen molar-refractivity contribution < 1.29 is 19.1 Å². The lowest BCUT2D eigenvalue weighted by molar-refractivity contribution is 0.0844. The number of ether oxygens (including phenoxy) is 2. The number of carbonyl (C=O) groups excluding carboxylic acids is 2. The van der Waals surface area contributed by atoms with E-state index in [1.54, 1.807) is 42.5 Å².